The smallest absolute Gasteiger partial charge is 0.119 e. The van der Waals surface area contributed by atoms with Gasteiger partial charge in [-0.2, -0.15) is 0 Å². The summed E-state index contributed by atoms with van der Waals surface area (Å²) in [6.45, 7) is 5.27. The SMILES string of the molecule is CCCOc1ccc(C2CCC(CCC)CC2)cc1. The molecule has 106 valence electrons. The Labute approximate surface area is 118 Å². The molecule has 0 heterocycles. The molecule has 0 radical (unpaired) electrons. The van der Waals surface area contributed by atoms with Crippen LogP contribution in [0.2, 0.25) is 0 Å². The van der Waals surface area contributed by atoms with Crippen LogP contribution < -0.4 is 4.74 Å². The number of hydrogen-bond acceptors (Lipinski definition) is 1. The van der Waals surface area contributed by atoms with Gasteiger partial charge in [0.2, 0.25) is 0 Å². The molecule has 0 aliphatic heterocycles. The summed E-state index contributed by atoms with van der Waals surface area (Å²) in [4.78, 5) is 0. The van der Waals surface area contributed by atoms with Crippen LogP contribution in [-0.2, 0) is 0 Å². The first-order valence-corrected chi connectivity index (χ1v) is 8.06. The van der Waals surface area contributed by atoms with Crippen molar-refractivity contribution in [1.82, 2.24) is 0 Å². The van der Waals surface area contributed by atoms with E-state index in [1.807, 2.05) is 0 Å². The van der Waals surface area contributed by atoms with E-state index >= 15 is 0 Å². The Bertz CT molecular complexity index is 346. The van der Waals surface area contributed by atoms with Crippen molar-refractivity contribution in [3.05, 3.63) is 29.8 Å². The molecule has 0 spiro atoms. The number of hydrogen-bond donors (Lipinski definition) is 0. The van der Waals surface area contributed by atoms with E-state index < -0.39 is 0 Å². The van der Waals surface area contributed by atoms with Crippen LogP contribution >= 0.6 is 0 Å². The van der Waals surface area contributed by atoms with Gasteiger partial charge in [0.05, 0.1) is 6.61 Å². The first-order chi connectivity index (χ1) is 9.33. The molecule has 0 unspecified atom stereocenters. The minimum absolute atomic E-state index is 0.785. The molecule has 0 N–H and O–H groups in total. The highest BCUT2D eigenvalue weighted by atomic mass is 16.5. The van der Waals surface area contributed by atoms with E-state index in [0.29, 0.717) is 0 Å². The lowest BCUT2D eigenvalue weighted by molar-refractivity contribution is 0.306. The number of benzene rings is 1. The van der Waals surface area contributed by atoms with Gasteiger partial charge in [-0.05, 0) is 61.6 Å². The summed E-state index contributed by atoms with van der Waals surface area (Å²) in [5.41, 5.74) is 1.51. The third-order valence-corrected chi connectivity index (χ3v) is 4.37. The molecule has 1 nitrogen and oxygen atoms in total. The van der Waals surface area contributed by atoms with Gasteiger partial charge in [0.1, 0.15) is 5.75 Å². The monoisotopic (exact) mass is 260 g/mol. The molecule has 1 heteroatoms. The van der Waals surface area contributed by atoms with E-state index in [-0.39, 0.29) is 0 Å². The van der Waals surface area contributed by atoms with Crippen molar-refractivity contribution in [3.8, 4) is 5.75 Å². The number of rotatable bonds is 6. The third kappa shape index (κ3) is 4.26. The lowest BCUT2D eigenvalue weighted by Gasteiger charge is -2.28. The molecule has 1 aromatic carbocycles. The highest BCUT2D eigenvalue weighted by Crippen LogP contribution is 2.37. The summed E-state index contributed by atoms with van der Waals surface area (Å²) in [7, 11) is 0. The molecular formula is C18H28O. The second-order valence-electron chi connectivity index (χ2n) is 5.92. The van der Waals surface area contributed by atoms with Crippen LogP contribution in [0.3, 0.4) is 0 Å². The van der Waals surface area contributed by atoms with Crippen LogP contribution in [0.25, 0.3) is 0 Å². The Hall–Kier alpha value is -0.980. The van der Waals surface area contributed by atoms with Crippen LogP contribution in [0.15, 0.2) is 24.3 Å². The Balaban J connectivity index is 1.85. The maximum atomic E-state index is 5.65. The molecule has 1 aromatic rings. The number of ether oxygens (including phenoxy) is 1. The predicted molar refractivity (Wildman–Crippen MR) is 81.8 cm³/mol. The molecular weight excluding hydrogens is 232 g/mol. The van der Waals surface area contributed by atoms with Gasteiger partial charge in [0.15, 0.2) is 0 Å². The summed E-state index contributed by atoms with van der Waals surface area (Å²) in [6.07, 6.45) is 9.44. The van der Waals surface area contributed by atoms with E-state index in [1.165, 1.54) is 44.1 Å². The molecule has 19 heavy (non-hydrogen) atoms. The van der Waals surface area contributed by atoms with Gasteiger partial charge < -0.3 is 4.74 Å². The molecule has 1 fully saturated rings. The fourth-order valence-corrected chi connectivity index (χ4v) is 3.25. The summed E-state index contributed by atoms with van der Waals surface area (Å²) in [6, 6.07) is 8.83. The van der Waals surface area contributed by atoms with Gasteiger partial charge in [0, 0.05) is 0 Å². The average molecular weight is 260 g/mol. The van der Waals surface area contributed by atoms with Crippen molar-refractivity contribution in [1.29, 1.82) is 0 Å². The first kappa shape index (κ1) is 14.4. The zero-order valence-electron chi connectivity index (χ0n) is 12.5. The molecule has 1 saturated carbocycles. The van der Waals surface area contributed by atoms with Crippen LogP contribution in [0.4, 0.5) is 0 Å². The highest BCUT2D eigenvalue weighted by Gasteiger charge is 2.21. The van der Waals surface area contributed by atoms with Crippen molar-refractivity contribution in [2.75, 3.05) is 6.61 Å². The van der Waals surface area contributed by atoms with E-state index in [4.69, 9.17) is 4.74 Å². The lowest BCUT2D eigenvalue weighted by Crippen LogP contribution is -2.13. The minimum atomic E-state index is 0.785. The van der Waals surface area contributed by atoms with Gasteiger partial charge in [0.25, 0.3) is 0 Å². The zero-order chi connectivity index (χ0) is 13.5. The molecule has 0 amide bonds. The lowest BCUT2D eigenvalue weighted by atomic mass is 9.77. The predicted octanol–water partition coefficient (Wildman–Crippen LogP) is 5.55. The van der Waals surface area contributed by atoms with Gasteiger partial charge in [-0.3, -0.25) is 0 Å². The summed E-state index contributed by atoms with van der Waals surface area (Å²) >= 11 is 0. The third-order valence-electron chi connectivity index (χ3n) is 4.37. The van der Waals surface area contributed by atoms with Crippen LogP contribution in [0.1, 0.15) is 70.3 Å². The molecule has 1 aliphatic rings. The maximum Gasteiger partial charge on any atom is 0.119 e. The fourth-order valence-electron chi connectivity index (χ4n) is 3.25. The van der Waals surface area contributed by atoms with Gasteiger partial charge in [-0.15, -0.1) is 0 Å². The molecule has 0 saturated heterocycles. The first-order valence-electron chi connectivity index (χ1n) is 8.06. The molecule has 1 aliphatic carbocycles. The normalized spacial score (nSPS) is 23.3. The Morgan fingerprint density at radius 2 is 1.63 bits per heavy atom. The Morgan fingerprint density at radius 1 is 0.947 bits per heavy atom. The molecule has 0 atom stereocenters. The maximum absolute atomic E-state index is 5.65. The Morgan fingerprint density at radius 3 is 2.21 bits per heavy atom. The van der Waals surface area contributed by atoms with Crippen molar-refractivity contribution < 1.29 is 4.74 Å². The van der Waals surface area contributed by atoms with Gasteiger partial charge >= 0.3 is 0 Å². The van der Waals surface area contributed by atoms with Crippen LogP contribution in [0.5, 0.6) is 5.75 Å². The molecule has 2 rings (SSSR count). The fraction of sp³-hybridized carbons (Fsp3) is 0.667. The summed E-state index contributed by atoms with van der Waals surface area (Å²) < 4.78 is 5.65. The second kappa shape index (κ2) is 7.57. The minimum Gasteiger partial charge on any atom is -0.494 e. The Kier molecular flexibility index (Phi) is 5.75. The van der Waals surface area contributed by atoms with Crippen molar-refractivity contribution in [3.63, 3.8) is 0 Å². The largest absolute Gasteiger partial charge is 0.494 e. The zero-order valence-corrected chi connectivity index (χ0v) is 12.5. The average Bonchev–Trinajstić information content (AvgIpc) is 2.47. The van der Waals surface area contributed by atoms with E-state index in [1.54, 1.807) is 0 Å². The van der Waals surface area contributed by atoms with Crippen molar-refractivity contribution in [2.24, 2.45) is 5.92 Å². The van der Waals surface area contributed by atoms with Crippen molar-refractivity contribution in [2.45, 2.75) is 64.7 Å². The van der Waals surface area contributed by atoms with Gasteiger partial charge in [-0.1, -0.05) is 38.8 Å². The van der Waals surface area contributed by atoms with Crippen molar-refractivity contribution >= 4 is 0 Å². The highest BCUT2D eigenvalue weighted by molar-refractivity contribution is 5.29. The molecule has 0 bridgehead atoms. The van der Waals surface area contributed by atoms with Gasteiger partial charge in [-0.25, -0.2) is 0 Å². The summed E-state index contributed by atoms with van der Waals surface area (Å²) in [5.74, 6) is 2.80. The standard InChI is InChI=1S/C18H28O/c1-3-5-15-6-8-16(9-7-15)17-10-12-18(13-11-17)19-14-4-2/h10-13,15-16H,3-9,14H2,1-2H3. The molecule has 0 aromatic heterocycles. The van der Waals surface area contributed by atoms with E-state index in [2.05, 4.69) is 38.1 Å². The summed E-state index contributed by atoms with van der Waals surface area (Å²) in [5, 5.41) is 0. The topological polar surface area (TPSA) is 9.23 Å². The quantitative estimate of drug-likeness (QED) is 0.651. The second-order valence-corrected chi connectivity index (χ2v) is 5.92. The van der Waals surface area contributed by atoms with E-state index in [9.17, 15) is 0 Å². The van der Waals surface area contributed by atoms with E-state index in [0.717, 1.165) is 30.6 Å². The van der Waals surface area contributed by atoms with Crippen LogP contribution in [0, 0.1) is 5.92 Å². The van der Waals surface area contributed by atoms with Crippen LogP contribution in [-0.4, -0.2) is 6.61 Å².